The van der Waals surface area contributed by atoms with Gasteiger partial charge in [-0.25, -0.2) is 4.79 Å². The zero-order valence-electron chi connectivity index (χ0n) is 18.9. The molecule has 0 saturated carbocycles. The van der Waals surface area contributed by atoms with Crippen LogP contribution in [-0.2, 0) is 6.54 Å². The quantitative estimate of drug-likeness (QED) is 0.379. The van der Waals surface area contributed by atoms with E-state index in [-0.39, 0.29) is 12.1 Å². The highest BCUT2D eigenvalue weighted by atomic mass is 35.5. The zero-order chi connectivity index (χ0) is 23.7. The van der Waals surface area contributed by atoms with Crippen molar-refractivity contribution in [2.45, 2.75) is 12.6 Å². The van der Waals surface area contributed by atoms with Gasteiger partial charge in [0.1, 0.15) is 0 Å². The molecule has 0 saturated heterocycles. The minimum absolute atomic E-state index is 0.230. The number of anilines is 1. The maximum Gasteiger partial charge on any atom is 0.322 e. The monoisotopic (exact) mass is 473 g/mol. The summed E-state index contributed by atoms with van der Waals surface area (Å²) in [6.07, 6.45) is 2.03. The van der Waals surface area contributed by atoms with Crippen LogP contribution in [0.2, 0.25) is 5.02 Å². The number of hydrogen-bond donors (Lipinski definition) is 1. The lowest BCUT2D eigenvalue weighted by Crippen LogP contribution is -2.37. The van der Waals surface area contributed by atoms with Crippen LogP contribution in [0, 0.1) is 0 Å². The van der Waals surface area contributed by atoms with Gasteiger partial charge in [-0.2, -0.15) is 0 Å². The molecule has 7 heteroatoms. The Hall–Kier alpha value is -3.90. The molecule has 1 aliphatic heterocycles. The van der Waals surface area contributed by atoms with Gasteiger partial charge in [0.05, 0.1) is 32.5 Å². The molecule has 0 spiro atoms. The molecule has 0 fully saturated rings. The number of halogens is 1. The molecule has 6 nitrogen and oxygen atoms in total. The van der Waals surface area contributed by atoms with Crippen LogP contribution < -0.4 is 14.8 Å². The number of carbonyl (C=O) groups is 1. The van der Waals surface area contributed by atoms with E-state index in [2.05, 4.69) is 22.0 Å². The molecule has 0 unspecified atom stereocenters. The van der Waals surface area contributed by atoms with Crippen molar-refractivity contribution >= 4 is 23.3 Å². The highest BCUT2D eigenvalue weighted by Crippen LogP contribution is 2.39. The molecular weight excluding hydrogens is 450 g/mol. The predicted molar refractivity (Wildman–Crippen MR) is 133 cm³/mol. The Morgan fingerprint density at radius 3 is 2.56 bits per heavy atom. The largest absolute Gasteiger partial charge is 0.493 e. The average Bonchev–Trinajstić information content (AvgIpc) is 3.28. The Morgan fingerprint density at radius 1 is 0.941 bits per heavy atom. The van der Waals surface area contributed by atoms with Crippen molar-refractivity contribution in [2.24, 2.45) is 0 Å². The fourth-order valence-electron chi connectivity index (χ4n) is 4.47. The summed E-state index contributed by atoms with van der Waals surface area (Å²) in [7, 11) is 3.21. The van der Waals surface area contributed by atoms with Crippen molar-refractivity contribution in [3.05, 3.63) is 107 Å². The number of hydrogen-bond acceptors (Lipinski definition) is 3. The Bertz CT molecular complexity index is 1350. The number of rotatable bonds is 4. The van der Waals surface area contributed by atoms with E-state index in [9.17, 15) is 4.79 Å². The first-order valence-corrected chi connectivity index (χ1v) is 11.3. The van der Waals surface area contributed by atoms with E-state index in [0.717, 1.165) is 22.5 Å². The number of carbonyl (C=O) groups excluding carboxylic acids is 1. The third-order valence-corrected chi connectivity index (χ3v) is 6.26. The van der Waals surface area contributed by atoms with Gasteiger partial charge in [-0.05, 0) is 59.7 Å². The first-order chi connectivity index (χ1) is 16.6. The smallest absolute Gasteiger partial charge is 0.322 e. The van der Waals surface area contributed by atoms with Gasteiger partial charge in [0.15, 0.2) is 11.5 Å². The first kappa shape index (κ1) is 21.9. The highest BCUT2D eigenvalue weighted by Gasteiger charge is 2.33. The van der Waals surface area contributed by atoms with Gasteiger partial charge in [-0.3, -0.25) is 0 Å². The number of aromatic nitrogens is 1. The number of amides is 2. The minimum atomic E-state index is -0.374. The van der Waals surface area contributed by atoms with Gasteiger partial charge in [-0.1, -0.05) is 41.9 Å². The van der Waals surface area contributed by atoms with E-state index in [4.69, 9.17) is 21.1 Å². The lowest BCUT2D eigenvalue weighted by atomic mass is 10.0. The van der Waals surface area contributed by atoms with Crippen LogP contribution >= 0.6 is 11.6 Å². The second-order valence-corrected chi connectivity index (χ2v) is 8.45. The van der Waals surface area contributed by atoms with Gasteiger partial charge < -0.3 is 24.3 Å². The summed E-state index contributed by atoms with van der Waals surface area (Å²) in [5.74, 6) is 1.24. The van der Waals surface area contributed by atoms with Gasteiger partial charge in [0.25, 0.3) is 0 Å². The molecule has 1 aliphatic rings. The SMILES string of the molecule is COc1ccc([C@@H]2c3cccn3-c3ccccc3CN2C(=O)Nc2cccc(Cl)c2)cc1OC. The molecule has 0 aliphatic carbocycles. The first-order valence-electron chi connectivity index (χ1n) is 10.9. The standard InChI is InChI=1S/C27H24ClN3O3/c1-33-24-13-12-18(15-25(24)34-2)26-23-11-6-14-30(23)22-10-4-3-7-19(22)17-31(26)27(32)29-21-9-5-8-20(28)16-21/h3-16,26H,17H2,1-2H3,(H,29,32)/t26-/m1/s1. The number of ether oxygens (including phenoxy) is 2. The summed E-state index contributed by atoms with van der Waals surface area (Å²) in [6, 6.07) is 24.5. The number of nitrogens with zero attached hydrogens (tertiary/aromatic N) is 2. The third kappa shape index (κ3) is 3.97. The number of nitrogens with one attached hydrogen (secondary N) is 1. The molecule has 172 valence electrons. The van der Waals surface area contributed by atoms with Crippen LogP contribution in [0.15, 0.2) is 85.1 Å². The molecule has 34 heavy (non-hydrogen) atoms. The van der Waals surface area contributed by atoms with Crippen LogP contribution in [-0.4, -0.2) is 29.7 Å². The van der Waals surface area contributed by atoms with Gasteiger partial charge in [-0.15, -0.1) is 0 Å². The molecule has 2 amide bonds. The number of fused-ring (bicyclic) bond motifs is 3. The minimum Gasteiger partial charge on any atom is -0.493 e. The van der Waals surface area contributed by atoms with Crippen molar-refractivity contribution in [2.75, 3.05) is 19.5 Å². The van der Waals surface area contributed by atoms with E-state index in [1.165, 1.54) is 0 Å². The van der Waals surface area contributed by atoms with Gasteiger partial charge >= 0.3 is 6.03 Å². The molecule has 1 aromatic heterocycles. The van der Waals surface area contributed by atoms with E-state index >= 15 is 0 Å². The number of benzene rings is 3. The van der Waals surface area contributed by atoms with Crippen LogP contribution in [0.5, 0.6) is 11.5 Å². The topological polar surface area (TPSA) is 55.7 Å². The Balaban J connectivity index is 1.65. The molecule has 3 aromatic carbocycles. The van der Waals surface area contributed by atoms with E-state index in [1.807, 2.05) is 65.7 Å². The predicted octanol–water partition coefficient (Wildman–Crippen LogP) is 6.29. The average molecular weight is 474 g/mol. The summed E-state index contributed by atoms with van der Waals surface area (Å²) in [5.41, 5.74) is 4.61. The second kappa shape index (κ2) is 9.15. The van der Waals surface area contributed by atoms with Gasteiger partial charge in [0.2, 0.25) is 0 Å². The molecular formula is C27H24ClN3O3. The summed E-state index contributed by atoms with van der Waals surface area (Å²) in [4.78, 5) is 15.6. The summed E-state index contributed by atoms with van der Waals surface area (Å²) in [6.45, 7) is 0.420. The zero-order valence-corrected chi connectivity index (χ0v) is 19.6. The highest BCUT2D eigenvalue weighted by molar-refractivity contribution is 6.30. The fraction of sp³-hybridized carbons (Fsp3) is 0.148. The third-order valence-electron chi connectivity index (χ3n) is 6.02. The Morgan fingerprint density at radius 2 is 1.76 bits per heavy atom. The number of para-hydroxylation sites is 1. The molecule has 2 heterocycles. The van der Waals surface area contributed by atoms with E-state index < -0.39 is 0 Å². The normalized spacial score (nSPS) is 14.6. The molecule has 1 atom stereocenters. The molecule has 1 N–H and O–H groups in total. The lowest BCUT2D eigenvalue weighted by molar-refractivity contribution is 0.194. The van der Waals surface area contributed by atoms with Crippen LogP contribution in [0.3, 0.4) is 0 Å². The van der Waals surface area contributed by atoms with Crippen molar-refractivity contribution in [1.82, 2.24) is 9.47 Å². The van der Waals surface area contributed by atoms with Crippen LogP contribution in [0.4, 0.5) is 10.5 Å². The molecule has 0 radical (unpaired) electrons. The maximum absolute atomic E-state index is 13.7. The number of methoxy groups -OCH3 is 2. The van der Waals surface area contributed by atoms with E-state index in [0.29, 0.717) is 28.8 Å². The van der Waals surface area contributed by atoms with Crippen molar-refractivity contribution in [1.29, 1.82) is 0 Å². The van der Waals surface area contributed by atoms with Crippen molar-refractivity contribution < 1.29 is 14.3 Å². The van der Waals surface area contributed by atoms with Crippen LogP contribution in [0.1, 0.15) is 22.9 Å². The van der Waals surface area contributed by atoms with Crippen molar-refractivity contribution in [3.8, 4) is 17.2 Å². The maximum atomic E-state index is 13.7. The summed E-state index contributed by atoms with van der Waals surface area (Å²) in [5, 5.41) is 3.58. The van der Waals surface area contributed by atoms with E-state index in [1.54, 1.807) is 26.4 Å². The summed E-state index contributed by atoms with van der Waals surface area (Å²) >= 11 is 6.15. The Labute approximate surface area is 203 Å². The summed E-state index contributed by atoms with van der Waals surface area (Å²) < 4.78 is 13.1. The number of urea groups is 1. The molecule has 0 bridgehead atoms. The lowest BCUT2D eigenvalue weighted by Gasteiger charge is -2.31. The second-order valence-electron chi connectivity index (χ2n) is 8.02. The van der Waals surface area contributed by atoms with Gasteiger partial charge in [0, 0.05) is 22.6 Å². The fourth-order valence-corrected chi connectivity index (χ4v) is 4.66. The van der Waals surface area contributed by atoms with Crippen molar-refractivity contribution in [3.63, 3.8) is 0 Å². The van der Waals surface area contributed by atoms with Crippen LogP contribution in [0.25, 0.3) is 5.69 Å². The molecule has 4 aromatic rings. The Kier molecular flexibility index (Phi) is 5.90. The molecule has 5 rings (SSSR count).